The van der Waals surface area contributed by atoms with Crippen molar-refractivity contribution in [2.75, 3.05) is 0 Å². The predicted octanol–water partition coefficient (Wildman–Crippen LogP) is -4.31. The summed E-state index contributed by atoms with van der Waals surface area (Å²) in [6.45, 7) is 0.921. The molecule has 0 aromatic heterocycles. The van der Waals surface area contributed by atoms with Crippen molar-refractivity contribution in [3.05, 3.63) is 0 Å². The SMILES string of the molecule is CC(O)(Cl)C(=O)[O-].[Na+]. The molecule has 0 fully saturated rings. The minimum atomic E-state index is -2.22. The fourth-order valence-electron chi connectivity index (χ4n) is 0. The first-order chi connectivity index (χ1) is 2.94. The van der Waals surface area contributed by atoms with Gasteiger partial charge >= 0.3 is 29.6 Å². The number of rotatable bonds is 1. The van der Waals surface area contributed by atoms with Gasteiger partial charge < -0.3 is 15.0 Å². The summed E-state index contributed by atoms with van der Waals surface area (Å²) in [4.78, 5) is 9.53. The third kappa shape index (κ3) is 4.87. The van der Waals surface area contributed by atoms with Gasteiger partial charge in [-0.3, -0.25) is 0 Å². The molecule has 0 heterocycles. The van der Waals surface area contributed by atoms with Gasteiger partial charge in [0.05, 0.1) is 5.97 Å². The summed E-state index contributed by atoms with van der Waals surface area (Å²) in [6, 6.07) is 0. The van der Waals surface area contributed by atoms with Gasteiger partial charge in [-0.15, -0.1) is 0 Å². The van der Waals surface area contributed by atoms with Crippen LogP contribution in [0, 0.1) is 0 Å². The summed E-state index contributed by atoms with van der Waals surface area (Å²) in [7, 11) is 0. The second-order valence-electron chi connectivity index (χ2n) is 1.24. The second-order valence-corrected chi connectivity index (χ2v) is 1.98. The number of hydrogen-bond donors (Lipinski definition) is 1. The van der Waals surface area contributed by atoms with Gasteiger partial charge in [0.15, 0.2) is 5.06 Å². The molecular weight excluding hydrogens is 142 g/mol. The third-order valence-electron chi connectivity index (χ3n) is 0.373. The smallest absolute Gasteiger partial charge is 0.546 e. The van der Waals surface area contributed by atoms with Crippen LogP contribution in [-0.4, -0.2) is 16.1 Å². The van der Waals surface area contributed by atoms with E-state index in [0.29, 0.717) is 0 Å². The van der Waals surface area contributed by atoms with Crippen LogP contribution in [0.3, 0.4) is 0 Å². The maximum Gasteiger partial charge on any atom is 1.00 e. The Balaban J connectivity index is 0. The van der Waals surface area contributed by atoms with E-state index in [2.05, 4.69) is 0 Å². The van der Waals surface area contributed by atoms with E-state index >= 15 is 0 Å². The first-order valence-corrected chi connectivity index (χ1v) is 1.95. The molecule has 0 aromatic carbocycles. The normalized spacial score (nSPS) is 15.9. The molecule has 0 bridgehead atoms. The Bertz CT molecular complexity index is 87.0. The zero-order valence-corrected chi connectivity index (χ0v) is 7.40. The Kier molecular flexibility index (Phi) is 5.31. The van der Waals surface area contributed by atoms with Crippen LogP contribution in [0.2, 0.25) is 0 Å². The summed E-state index contributed by atoms with van der Waals surface area (Å²) in [5.41, 5.74) is 0. The fraction of sp³-hybridized carbons (Fsp3) is 0.667. The molecule has 8 heavy (non-hydrogen) atoms. The predicted molar refractivity (Wildman–Crippen MR) is 21.5 cm³/mol. The Morgan fingerprint density at radius 2 is 2.00 bits per heavy atom. The van der Waals surface area contributed by atoms with Crippen LogP contribution in [0.4, 0.5) is 0 Å². The zero-order chi connectivity index (χ0) is 6.08. The van der Waals surface area contributed by atoms with Crippen LogP contribution in [0.5, 0.6) is 0 Å². The molecule has 0 aliphatic carbocycles. The van der Waals surface area contributed by atoms with Crippen molar-refractivity contribution in [2.24, 2.45) is 0 Å². The molecular formula is C3H4ClNaO3. The van der Waals surface area contributed by atoms with Crippen LogP contribution in [0.15, 0.2) is 0 Å². The number of aliphatic carboxylic acids is 1. The molecule has 1 N–H and O–H groups in total. The van der Waals surface area contributed by atoms with E-state index < -0.39 is 11.0 Å². The van der Waals surface area contributed by atoms with E-state index in [1.54, 1.807) is 0 Å². The molecule has 0 aromatic rings. The number of carbonyl (C=O) groups is 1. The first kappa shape index (κ1) is 11.5. The molecule has 0 radical (unpaired) electrons. The molecule has 0 amide bonds. The molecule has 5 heteroatoms. The molecule has 0 aliphatic heterocycles. The van der Waals surface area contributed by atoms with Crippen LogP contribution < -0.4 is 34.7 Å². The summed E-state index contributed by atoms with van der Waals surface area (Å²) >= 11 is 4.76. The molecule has 0 saturated carbocycles. The quantitative estimate of drug-likeness (QED) is 0.301. The van der Waals surface area contributed by atoms with Gasteiger partial charge in [-0.2, -0.15) is 0 Å². The summed E-state index contributed by atoms with van der Waals surface area (Å²) < 4.78 is 0. The van der Waals surface area contributed by atoms with E-state index in [1.807, 2.05) is 0 Å². The monoisotopic (exact) mass is 146 g/mol. The number of carbonyl (C=O) groups excluding carboxylic acids is 1. The molecule has 42 valence electrons. The van der Waals surface area contributed by atoms with Gasteiger partial charge in [0.1, 0.15) is 0 Å². The van der Waals surface area contributed by atoms with Crippen LogP contribution >= 0.6 is 11.6 Å². The number of alkyl halides is 1. The minimum Gasteiger partial charge on any atom is -0.546 e. The van der Waals surface area contributed by atoms with Gasteiger partial charge in [0, 0.05) is 0 Å². The number of halogens is 1. The van der Waals surface area contributed by atoms with Crippen molar-refractivity contribution >= 4 is 17.6 Å². The van der Waals surface area contributed by atoms with Crippen LogP contribution in [-0.2, 0) is 4.79 Å². The van der Waals surface area contributed by atoms with E-state index in [0.717, 1.165) is 6.92 Å². The molecule has 0 spiro atoms. The van der Waals surface area contributed by atoms with E-state index in [4.69, 9.17) is 16.7 Å². The van der Waals surface area contributed by atoms with Crippen molar-refractivity contribution in [3.8, 4) is 0 Å². The minimum absolute atomic E-state index is 0. The molecule has 1 atom stereocenters. The van der Waals surface area contributed by atoms with Crippen molar-refractivity contribution in [2.45, 2.75) is 12.0 Å². The van der Waals surface area contributed by atoms with Crippen molar-refractivity contribution < 1.29 is 44.6 Å². The summed E-state index contributed by atoms with van der Waals surface area (Å²) in [6.07, 6.45) is 0. The largest absolute Gasteiger partial charge is 1.00 e. The summed E-state index contributed by atoms with van der Waals surface area (Å²) in [5, 5.41) is 15.5. The number of hydrogen-bond acceptors (Lipinski definition) is 3. The van der Waals surface area contributed by atoms with E-state index in [-0.39, 0.29) is 29.6 Å². The zero-order valence-electron chi connectivity index (χ0n) is 4.64. The Morgan fingerprint density at radius 1 is 1.88 bits per heavy atom. The van der Waals surface area contributed by atoms with Crippen LogP contribution in [0.1, 0.15) is 6.92 Å². The van der Waals surface area contributed by atoms with Gasteiger partial charge in [-0.1, -0.05) is 11.6 Å². The Labute approximate surface area is 73.9 Å². The molecule has 0 saturated heterocycles. The maximum absolute atomic E-state index is 9.53. The van der Waals surface area contributed by atoms with E-state index in [9.17, 15) is 9.90 Å². The van der Waals surface area contributed by atoms with Gasteiger partial charge in [0.2, 0.25) is 0 Å². The topological polar surface area (TPSA) is 60.4 Å². The number of carboxylic acids is 1. The summed E-state index contributed by atoms with van der Waals surface area (Å²) in [5.74, 6) is -1.69. The average Bonchev–Trinajstić information content (AvgIpc) is 1.31. The van der Waals surface area contributed by atoms with Crippen molar-refractivity contribution in [3.63, 3.8) is 0 Å². The number of carboxylic acid groups (broad SMARTS) is 1. The Hall–Kier alpha value is 0.720. The third-order valence-corrected chi connectivity index (χ3v) is 0.527. The molecule has 1 unspecified atom stereocenters. The second kappa shape index (κ2) is 3.69. The van der Waals surface area contributed by atoms with Crippen molar-refractivity contribution in [1.82, 2.24) is 0 Å². The van der Waals surface area contributed by atoms with Crippen LogP contribution in [0.25, 0.3) is 0 Å². The maximum atomic E-state index is 9.53. The number of aliphatic hydroxyl groups is 1. The van der Waals surface area contributed by atoms with E-state index in [1.165, 1.54) is 0 Å². The van der Waals surface area contributed by atoms with Gasteiger partial charge in [0.25, 0.3) is 0 Å². The van der Waals surface area contributed by atoms with Crippen molar-refractivity contribution in [1.29, 1.82) is 0 Å². The van der Waals surface area contributed by atoms with Gasteiger partial charge in [-0.25, -0.2) is 0 Å². The standard InChI is InChI=1S/C3H5ClO3.Na/c1-3(4,7)2(5)6;/h7H,1H3,(H,5,6);/q;+1/p-1. The average molecular weight is 147 g/mol. The molecule has 0 rings (SSSR count). The Morgan fingerprint density at radius 3 is 2.00 bits per heavy atom. The molecule has 0 aliphatic rings. The fourth-order valence-corrected chi connectivity index (χ4v) is 0. The van der Waals surface area contributed by atoms with Gasteiger partial charge in [-0.05, 0) is 6.92 Å². The first-order valence-electron chi connectivity index (χ1n) is 1.57. The molecule has 3 nitrogen and oxygen atoms in total.